The van der Waals surface area contributed by atoms with Crippen molar-refractivity contribution < 1.29 is 0 Å². The standard InChI is InChI=1S/C15H13BrClN3S/c1-9-13(16)6-10(8-18-9)14-7-11(19-20-14)2-3-12-4-5-15(17)21-12/h4-8H,2-3H2,1H3,(H,19,20). The summed E-state index contributed by atoms with van der Waals surface area (Å²) in [5, 5.41) is 7.46. The Morgan fingerprint density at radius 3 is 2.86 bits per heavy atom. The largest absolute Gasteiger partial charge is 0.282 e. The molecule has 0 saturated carbocycles. The van der Waals surface area contributed by atoms with Crippen molar-refractivity contribution in [2.24, 2.45) is 0 Å². The first kappa shape index (κ1) is 14.8. The van der Waals surface area contributed by atoms with Crippen LogP contribution in [0.5, 0.6) is 0 Å². The van der Waals surface area contributed by atoms with Gasteiger partial charge in [-0.2, -0.15) is 5.10 Å². The molecule has 3 rings (SSSR count). The topological polar surface area (TPSA) is 41.6 Å². The normalized spacial score (nSPS) is 11.0. The van der Waals surface area contributed by atoms with Gasteiger partial charge in [0, 0.05) is 26.8 Å². The van der Waals surface area contributed by atoms with Gasteiger partial charge in [0.1, 0.15) is 0 Å². The van der Waals surface area contributed by atoms with Crippen LogP contribution in [-0.4, -0.2) is 15.2 Å². The lowest BCUT2D eigenvalue weighted by Gasteiger charge is -1.99. The van der Waals surface area contributed by atoms with Crippen molar-refractivity contribution >= 4 is 38.9 Å². The van der Waals surface area contributed by atoms with Crippen LogP contribution in [0, 0.1) is 6.92 Å². The summed E-state index contributed by atoms with van der Waals surface area (Å²) in [6.07, 6.45) is 3.73. The van der Waals surface area contributed by atoms with E-state index in [-0.39, 0.29) is 0 Å². The highest BCUT2D eigenvalue weighted by atomic mass is 79.9. The van der Waals surface area contributed by atoms with Crippen LogP contribution in [0.15, 0.2) is 34.9 Å². The molecule has 0 aliphatic carbocycles. The summed E-state index contributed by atoms with van der Waals surface area (Å²) in [6, 6.07) is 8.13. The zero-order valence-corrected chi connectivity index (χ0v) is 14.5. The van der Waals surface area contributed by atoms with Crippen LogP contribution in [0.25, 0.3) is 11.3 Å². The number of halogens is 2. The number of aryl methyl sites for hydroxylation is 3. The van der Waals surface area contributed by atoms with Crippen LogP contribution in [-0.2, 0) is 12.8 Å². The van der Waals surface area contributed by atoms with Gasteiger partial charge in [-0.25, -0.2) is 0 Å². The number of hydrogen-bond acceptors (Lipinski definition) is 3. The summed E-state index contributed by atoms with van der Waals surface area (Å²) in [6.45, 7) is 1.97. The first-order valence-corrected chi connectivity index (χ1v) is 8.51. The second-order valence-electron chi connectivity index (χ2n) is 4.78. The molecular weight excluding hydrogens is 370 g/mol. The highest BCUT2D eigenvalue weighted by Crippen LogP contribution is 2.25. The van der Waals surface area contributed by atoms with E-state index >= 15 is 0 Å². The third-order valence-electron chi connectivity index (χ3n) is 3.22. The summed E-state index contributed by atoms with van der Waals surface area (Å²) in [5.74, 6) is 0. The molecule has 3 heterocycles. The van der Waals surface area contributed by atoms with Crippen LogP contribution in [0.2, 0.25) is 4.34 Å². The second-order valence-corrected chi connectivity index (χ2v) is 7.43. The molecule has 3 nitrogen and oxygen atoms in total. The van der Waals surface area contributed by atoms with Crippen LogP contribution in [0.1, 0.15) is 16.3 Å². The molecule has 0 aliphatic heterocycles. The molecular formula is C15H13BrClN3S. The summed E-state index contributed by atoms with van der Waals surface area (Å²) >= 11 is 11.1. The smallest absolute Gasteiger partial charge is 0.0939 e. The Hall–Kier alpha value is -1.17. The summed E-state index contributed by atoms with van der Waals surface area (Å²) in [4.78, 5) is 5.63. The van der Waals surface area contributed by atoms with Crippen LogP contribution < -0.4 is 0 Å². The molecule has 21 heavy (non-hydrogen) atoms. The highest BCUT2D eigenvalue weighted by molar-refractivity contribution is 9.10. The number of hydrogen-bond donors (Lipinski definition) is 1. The minimum absolute atomic E-state index is 0.839. The molecule has 6 heteroatoms. The SMILES string of the molecule is Cc1ncc(-c2cc(CCc3ccc(Cl)s3)[nH]n2)cc1Br. The molecule has 0 aliphatic rings. The number of rotatable bonds is 4. The van der Waals surface area contributed by atoms with Gasteiger partial charge in [-0.3, -0.25) is 10.1 Å². The van der Waals surface area contributed by atoms with Gasteiger partial charge in [-0.05, 0) is 60.0 Å². The van der Waals surface area contributed by atoms with Crippen LogP contribution in [0.4, 0.5) is 0 Å². The van der Waals surface area contributed by atoms with Crippen molar-refractivity contribution in [3.05, 3.63) is 55.5 Å². The predicted molar refractivity (Wildman–Crippen MR) is 91.0 cm³/mol. The summed E-state index contributed by atoms with van der Waals surface area (Å²) in [7, 11) is 0. The fourth-order valence-electron chi connectivity index (χ4n) is 2.03. The van der Waals surface area contributed by atoms with E-state index in [0.717, 1.165) is 44.3 Å². The first-order chi connectivity index (χ1) is 10.1. The van der Waals surface area contributed by atoms with E-state index in [2.05, 4.69) is 43.2 Å². The van der Waals surface area contributed by atoms with Gasteiger partial charge in [0.25, 0.3) is 0 Å². The maximum Gasteiger partial charge on any atom is 0.0939 e. The zero-order valence-electron chi connectivity index (χ0n) is 11.4. The van der Waals surface area contributed by atoms with Crippen molar-refractivity contribution in [2.75, 3.05) is 0 Å². The second kappa shape index (κ2) is 6.30. The molecule has 0 saturated heterocycles. The maximum absolute atomic E-state index is 5.94. The number of pyridine rings is 1. The van der Waals surface area contributed by atoms with Gasteiger partial charge in [-0.15, -0.1) is 11.3 Å². The summed E-state index contributed by atoms with van der Waals surface area (Å²) in [5.41, 5.74) is 4.02. The first-order valence-electron chi connectivity index (χ1n) is 6.53. The van der Waals surface area contributed by atoms with Crippen molar-refractivity contribution in [3.63, 3.8) is 0 Å². The molecule has 0 fully saturated rings. The van der Waals surface area contributed by atoms with Gasteiger partial charge < -0.3 is 0 Å². The van der Waals surface area contributed by atoms with E-state index in [4.69, 9.17) is 11.6 Å². The number of nitrogens with zero attached hydrogens (tertiary/aromatic N) is 2. The lowest BCUT2D eigenvalue weighted by atomic mass is 10.1. The molecule has 0 amide bonds. The molecule has 3 aromatic rings. The molecule has 3 aromatic heterocycles. The minimum atomic E-state index is 0.839. The Balaban J connectivity index is 1.72. The maximum atomic E-state index is 5.94. The highest BCUT2D eigenvalue weighted by Gasteiger charge is 2.07. The van der Waals surface area contributed by atoms with E-state index < -0.39 is 0 Å². The molecule has 0 atom stereocenters. The quantitative estimate of drug-likeness (QED) is 0.686. The number of aromatic nitrogens is 3. The number of H-pyrrole nitrogens is 1. The average Bonchev–Trinajstić information content (AvgIpc) is 3.08. The van der Waals surface area contributed by atoms with E-state index in [1.807, 2.05) is 25.3 Å². The van der Waals surface area contributed by atoms with Gasteiger partial charge in [0.15, 0.2) is 0 Å². The Morgan fingerprint density at radius 1 is 1.29 bits per heavy atom. The van der Waals surface area contributed by atoms with Crippen LogP contribution in [0.3, 0.4) is 0 Å². The third-order valence-corrected chi connectivity index (χ3v) is 5.32. The Kier molecular flexibility index (Phi) is 4.42. The fourth-order valence-corrected chi connectivity index (χ4v) is 3.46. The number of nitrogens with one attached hydrogen (secondary N) is 1. The van der Waals surface area contributed by atoms with Crippen molar-refractivity contribution in [2.45, 2.75) is 19.8 Å². The zero-order chi connectivity index (χ0) is 14.8. The van der Waals surface area contributed by atoms with Crippen molar-refractivity contribution in [3.8, 4) is 11.3 Å². The lowest BCUT2D eigenvalue weighted by molar-refractivity contribution is 0.904. The third kappa shape index (κ3) is 3.54. The van der Waals surface area contributed by atoms with Gasteiger partial charge in [0.2, 0.25) is 0 Å². The Bertz CT molecular complexity index is 766. The number of thiophene rings is 1. The molecule has 108 valence electrons. The predicted octanol–water partition coefficient (Wildman–Crippen LogP) is 5.04. The average molecular weight is 383 g/mol. The van der Waals surface area contributed by atoms with Gasteiger partial charge >= 0.3 is 0 Å². The molecule has 0 unspecified atom stereocenters. The van der Waals surface area contributed by atoms with Gasteiger partial charge in [-0.1, -0.05) is 11.6 Å². The van der Waals surface area contributed by atoms with Crippen molar-refractivity contribution in [1.82, 2.24) is 15.2 Å². The molecule has 0 spiro atoms. The van der Waals surface area contributed by atoms with E-state index in [1.54, 1.807) is 11.3 Å². The minimum Gasteiger partial charge on any atom is -0.282 e. The van der Waals surface area contributed by atoms with E-state index in [0.29, 0.717) is 0 Å². The molecule has 0 bridgehead atoms. The van der Waals surface area contributed by atoms with E-state index in [1.165, 1.54) is 4.88 Å². The Morgan fingerprint density at radius 2 is 2.14 bits per heavy atom. The van der Waals surface area contributed by atoms with E-state index in [9.17, 15) is 0 Å². The van der Waals surface area contributed by atoms with Gasteiger partial charge in [0.05, 0.1) is 15.7 Å². The monoisotopic (exact) mass is 381 g/mol. The van der Waals surface area contributed by atoms with Crippen LogP contribution >= 0.6 is 38.9 Å². The fraction of sp³-hybridized carbons (Fsp3) is 0.200. The number of aromatic amines is 1. The summed E-state index contributed by atoms with van der Waals surface area (Å²) < 4.78 is 1.84. The lowest BCUT2D eigenvalue weighted by Crippen LogP contribution is -1.88. The van der Waals surface area contributed by atoms with Crippen molar-refractivity contribution in [1.29, 1.82) is 0 Å². The molecule has 1 N–H and O–H groups in total. The Labute approximate surface area is 140 Å². The molecule has 0 radical (unpaired) electrons. The molecule has 0 aromatic carbocycles.